The van der Waals surface area contributed by atoms with Crippen molar-refractivity contribution in [3.05, 3.63) is 65.4 Å². The summed E-state index contributed by atoms with van der Waals surface area (Å²) in [6.45, 7) is 11.8. The molecule has 0 radical (unpaired) electrons. The van der Waals surface area contributed by atoms with Crippen molar-refractivity contribution in [3.8, 4) is 0 Å². The van der Waals surface area contributed by atoms with Gasteiger partial charge in [0.1, 0.15) is 0 Å². The number of hydrogen-bond acceptors (Lipinski definition) is 1. The lowest BCUT2D eigenvalue weighted by Gasteiger charge is -2.44. The molecule has 2 aliphatic rings. The summed E-state index contributed by atoms with van der Waals surface area (Å²) < 4.78 is 2.34. The van der Waals surface area contributed by atoms with E-state index in [9.17, 15) is 0 Å². The molecule has 150 valence electrons. The Labute approximate surface area is 174 Å². The van der Waals surface area contributed by atoms with Gasteiger partial charge in [-0.2, -0.15) is 0 Å². The second-order valence-electron chi connectivity index (χ2n) is 9.76. The van der Waals surface area contributed by atoms with E-state index in [-0.39, 0.29) is 5.41 Å². The summed E-state index contributed by atoms with van der Waals surface area (Å²) in [4.78, 5) is 0. The van der Waals surface area contributed by atoms with Gasteiger partial charge < -0.3 is 9.88 Å². The van der Waals surface area contributed by atoms with Crippen LogP contribution in [0.3, 0.4) is 0 Å². The number of hydrogen-bond donors (Lipinski definition) is 1. The average Bonchev–Trinajstić information content (AvgIpc) is 2.99. The number of aryl methyl sites for hydroxylation is 1. The largest absolute Gasteiger partial charge is 0.355 e. The van der Waals surface area contributed by atoms with E-state index >= 15 is 0 Å². The summed E-state index contributed by atoms with van der Waals surface area (Å²) in [6, 6.07) is 13.4. The first-order chi connectivity index (χ1) is 13.8. The molecule has 1 N–H and O–H groups in total. The van der Waals surface area contributed by atoms with Gasteiger partial charge in [0.15, 0.2) is 0 Å². The Morgan fingerprint density at radius 1 is 1.03 bits per heavy atom. The molecule has 1 aliphatic heterocycles. The Hall–Kier alpha value is -2.48. The van der Waals surface area contributed by atoms with Crippen LogP contribution in [0.4, 0.5) is 5.69 Å². The van der Waals surface area contributed by atoms with Crippen molar-refractivity contribution >= 4 is 27.5 Å². The third-order valence-corrected chi connectivity index (χ3v) is 7.64. The highest BCUT2D eigenvalue weighted by Crippen LogP contribution is 2.51. The van der Waals surface area contributed by atoms with Gasteiger partial charge in [0.05, 0.1) is 0 Å². The summed E-state index contributed by atoms with van der Waals surface area (Å²) in [5.41, 5.74) is 7.97. The first kappa shape index (κ1) is 18.5. The number of aromatic nitrogens is 1. The quantitative estimate of drug-likeness (QED) is 0.471. The number of para-hydroxylation sites is 1. The lowest BCUT2D eigenvalue weighted by Crippen LogP contribution is -2.35. The summed E-state index contributed by atoms with van der Waals surface area (Å²) >= 11 is 0. The molecule has 2 atom stereocenters. The van der Waals surface area contributed by atoms with Crippen LogP contribution in [0.5, 0.6) is 0 Å². The van der Waals surface area contributed by atoms with Crippen molar-refractivity contribution in [2.24, 2.45) is 24.8 Å². The number of nitrogens with one attached hydrogen (secondary N) is 1. The van der Waals surface area contributed by atoms with Gasteiger partial charge >= 0.3 is 0 Å². The minimum absolute atomic E-state index is 0.0545. The molecule has 0 amide bonds. The molecule has 2 unspecified atom stereocenters. The minimum Gasteiger partial charge on any atom is -0.355 e. The third-order valence-electron chi connectivity index (χ3n) is 7.64. The molecule has 2 heterocycles. The zero-order chi connectivity index (χ0) is 20.5. The second-order valence-corrected chi connectivity index (χ2v) is 9.76. The predicted octanol–water partition coefficient (Wildman–Crippen LogP) is 7.16. The second kappa shape index (κ2) is 6.26. The average molecular weight is 385 g/mol. The van der Waals surface area contributed by atoms with E-state index in [1.54, 1.807) is 0 Å². The molecule has 2 nitrogen and oxygen atoms in total. The molecule has 0 bridgehead atoms. The van der Waals surface area contributed by atoms with Gasteiger partial charge in [0, 0.05) is 45.7 Å². The molecular weight excluding hydrogens is 352 g/mol. The molecule has 5 rings (SSSR count). The van der Waals surface area contributed by atoms with Crippen LogP contribution >= 0.6 is 0 Å². The highest BCUT2D eigenvalue weighted by molar-refractivity contribution is 6.12. The standard InChI is InChI=1S/C27H32N2/c1-7-21-20(15-19-16(2)14-17(19)3)27(4,5)26-22(28-21)12-13-24-25(26)18-10-8-9-11-23(18)29(24)6/h7-13,15-17,19,28H,14H2,1-6H3/b20-15+,21-7+. The van der Waals surface area contributed by atoms with Crippen molar-refractivity contribution in [1.82, 2.24) is 4.57 Å². The van der Waals surface area contributed by atoms with Gasteiger partial charge in [0.25, 0.3) is 0 Å². The van der Waals surface area contributed by atoms with E-state index in [1.807, 2.05) is 0 Å². The zero-order valence-electron chi connectivity index (χ0n) is 18.5. The number of benzene rings is 2. The molecule has 1 aliphatic carbocycles. The van der Waals surface area contributed by atoms with Crippen LogP contribution in [0.2, 0.25) is 0 Å². The highest BCUT2D eigenvalue weighted by atomic mass is 15.0. The van der Waals surface area contributed by atoms with E-state index in [0.29, 0.717) is 5.92 Å². The molecule has 29 heavy (non-hydrogen) atoms. The summed E-state index contributed by atoms with van der Waals surface area (Å²) in [5.74, 6) is 2.23. The van der Waals surface area contributed by atoms with E-state index in [2.05, 4.69) is 100 Å². The van der Waals surface area contributed by atoms with Crippen molar-refractivity contribution in [2.45, 2.75) is 46.5 Å². The van der Waals surface area contributed by atoms with Crippen LogP contribution in [-0.4, -0.2) is 4.57 Å². The van der Waals surface area contributed by atoms with Crippen molar-refractivity contribution in [1.29, 1.82) is 0 Å². The summed E-state index contributed by atoms with van der Waals surface area (Å²) in [6.07, 6.45) is 6.18. The lowest BCUT2D eigenvalue weighted by molar-refractivity contribution is 0.147. The SMILES string of the molecule is C/C=C1/Nc2ccc3c(c2C(C)(C)/C1=C/C1C(C)CC1C)c1ccccc1n3C. The number of fused-ring (bicyclic) bond motifs is 5. The Morgan fingerprint density at radius 2 is 1.76 bits per heavy atom. The molecule has 0 saturated heterocycles. The third kappa shape index (κ3) is 2.48. The Morgan fingerprint density at radius 3 is 2.45 bits per heavy atom. The summed E-state index contributed by atoms with van der Waals surface area (Å²) in [5, 5.41) is 6.53. The Bertz CT molecular complexity index is 1180. The number of allylic oxidation sites excluding steroid dienone is 3. The maximum atomic E-state index is 3.79. The van der Waals surface area contributed by atoms with Crippen LogP contribution in [-0.2, 0) is 12.5 Å². The van der Waals surface area contributed by atoms with E-state index in [0.717, 1.165) is 11.8 Å². The molecular formula is C27H32N2. The van der Waals surface area contributed by atoms with Gasteiger partial charge in [-0.3, -0.25) is 0 Å². The monoisotopic (exact) mass is 384 g/mol. The fraction of sp³-hybridized carbons (Fsp3) is 0.407. The van der Waals surface area contributed by atoms with Gasteiger partial charge in [-0.25, -0.2) is 0 Å². The molecule has 3 aromatic rings. The fourth-order valence-electron chi connectivity index (χ4n) is 6.00. The first-order valence-electron chi connectivity index (χ1n) is 11.0. The van der Waals surface area contributed by atoms with Gasteiger partial charge in [0.2, 0.25) is 0 Å². The maximum Gasteiger partial charge on any atom is 0.0493 e. The fourth-order valence-corrected chi connectivity index (χ4v) is 6.00. The Balaban J connectivity index is 1.82. The smallest absolute Gasteiger partial charge is 0.0493 e. The molecule has 2 heteroatoms. The van der Waals surface area contributed by atoms with Gasteiger partial charge in [-0.05, 0) is 60.4 Å². The van der Waals surface area contributed by atoms with Crippen molar-refractivity contribution < 1.29 is 0 Å². The molecule has 1 aromatic heterocycles. The van der Waals surface area contributed by atoms with E-state index < -0.39 is 0 Å². The van der Waals surface area contributed by atoms with E-state index in [1.165, 1.54) is 50.7 Å². The molecule has 1 saturated carbocycles. The number of nitrogens with zero attached hydrogens (tertiary/aromatic N) is 1. The van der Waals surface area contributed by atoms with Crippen molar-refractivity contribution in [2.75, 3.05) is 5.32 Å². The van der Waals surface area contributed by atoms with Crippen LogP contribution in [0, 0.1) is 17.8 Å². The Kier molecular flexibility index (Phi) is 4.00. The molecule has 1 fully saturated rings. The minimum atomic E-state index is -0.0545. The van der Waals surface area contributed by atoms with Crippen molar-refractivity contribution in [3.63, 3.8) is 0 Å². The first-order valence-corrected chi connectivity index (χ1v) is 11.0. The van der Waals surface area contributed by atoms with Crippen LogP contribution in [0.1, 0.15) is 46.6 Å². The summed E-state index contributed by atoms with van der Waals surface area (Å²) in [7, 11) is 2.19. The zero-order valence-corrected chi connectivity index (χ0v) is 18.5. The topological polar surface area (TPSA) is 17.0 Å². The maximum absolute atomic E-state index is 3.79. The van der Waals surface area contributed by atoms with Gasteiger partial charge in [-0.1, -0.05) is 58.0 Å². The predicted molar refractivity (Wildman–Crippen MR) is 125 cm³/mol. The van der Waals surface area contributed by atoms with Crippen LogP contribution in [0.25, 0.3) is 21.8 Å². The van der Waals surface area contributed by atoms with Crippen LogP contribution < -0.4 is 5.32 Å². The van der Waals surface area contributed by atoms with Gasteiger partial charge in [-0.15, -0.1) is 0 Å². The molecule has 0 spiro atoms. The molecule has 2 aromatic carbocycles. The highest BCUT2D eigenvalue weighted by Gasteiger charge is 2.40. The van der Waals surface area contributed by atoms with E-state index in [4.69, 9.17) is 0 Å². The number of rotatable bonds is 1. The van der Waals surface area contributed by atoms with Crippen LogP contribution in [0.15, 0.2) is 59.8 Å². The normalized spacial score (nSPS) is 28.6. The number of anilines is 1. The lowest BCUT2D eigenvalue weighted by atomic mass is 9.63.